The zero-order valence-electron chi connectivity index (χ0n) is 18.8. The smallest absolute Gasteiger partial charge is 0.121 e. The normalized spacial score (nSPS) is 15.1. The molecule has 2 nitrogen and oxygen atoms in total. The minimum atomic E-state index is -0.177. The molecule has 0 radical (unpaired) electrons. The molecule has 0 spiro atoms. The van der Waals surface area contributed by atoms with E-state index in [9.17, 15) is 0 Å². The van der Waals surface area contributed by atoms with Gasteiger partial charge in [0.1, 0.15) is 20.1 Å². The standard InChI is InChI=1S/C28H20Cl4N2/c1-14-10-20(29)27(21(30)11-14)33-16(3)34(28-22(31)12-15(2)13-23(28)32)26-19-9-5-7-17-6-4-8-18(24(17)19)25(26)33/h4-13,16H,1-3H3/q+2. The maximum absolute atomic E-state index is 6.84. The molecule has 0 saturated heterocycles. The predicted octanol–water partition coefficient (Wildman–Crippen LogP) is 8.71. The molecule has 0 bridgehead atoms. The molecule has 2 aliphatic rings. The van der Waals surface area contributed by atoms with Crippen LogP contribution in [-0.4, -0.2) is 26.7 Å². The molecule has 0 N–H and O–H groups in total. The van der Waals surface area contributed by atoms with E-state index in [1.54, 1.807) is 0 Å². The Kier molecular flexibility index (Phi) is 5.09. The number of benzene rings is 4. The second kappa shape index (κ2) is 7.83. The summed E-state index contributed by atoms with van der Waals surface area (Å²) in [5, 5.41) is 4.81. The first-order valence-corrected chi connectivity index (χ1v) is 12.6. The van der Waals surface area contributed by atoms with Gasteiger partial charge in [-0.2, -0.15) is 0 Å². The SMILES string of the molecule is Cc1cc(Cl)c([N+]2=C3C(=[N+](c4c(Cl)cc(C)cc4Cl)C2C)c2cccc4cccc3c24)c(Cl)c1. The highest BCUT2D eigenvalue weighted by molar-refractivity contribution is 6.58. The van der Waals surface area contributed by atoms with Crippen molar-refractivity contribution in [1.29, 1.82) is 0 Å². The number of hydrogen-bond donors (Lipinski definition) is 0. The van der Waals surface area contributed by atoms with Crippen LogP contribution in [0.5, 0.6) is 0 Å². The fourth-order valence-electron chi connectivity index (χ4n) is 5.41. The first-order valence-electron chi connectivity index (χ1n) is 11.0. The fourth-order valence-corrected chi connectivity index (χ4v) is 6.97. The zero-order chi connectivity index (χ0) is 23.9. The monoisotopic (exact) mass is 524 g/mol. The van der Waals surface area contributed by atoms with Gasteiger partial charge in [0, 0.05) is 5.39 Å². The third-order valence-corrected chi connectivity index (χ3v) is 7.83. The predicted molar refractivity (Wildman–Crippen MR) is 144 cm³/mol. The third-order valence-electron chi connectivity index (χ3n) is 6.67. The third kappa shape index (κ3) is 3.03. The molecule has 0 saturated carbocycles. The number of aryl methyl sites for hydroxylation is 2. The molecule has 0 fully saturated rings. The number of rotatable bonds is 2. The van der Waals surface area contributed by atoms with E-state index in [1.165, 1.54) is 10.8 Å². The van der Waals surface area contributed by atoms with Crippen LogP contribution in [-0.2, 0) is 0 Å². The average Bonchev–Trinajstić information content (AvgIpc) is 3.22. The van der Waals surface area contributed by atoms with Gasteiger partial charge in [0.05, 0.1) is 18.1 Å². The summed E-state index contributed by atoms with van der Waals surface area (Å²) in [4.78, 5) is 0. The molecule has 0 atom stereocenters. The Balaban J connectivity index is 1.78. The van der Waals surface area contributed by atoms with Gasteiger partial charge in [-0.1, -0.05) is 70.7 Å². The van der Waals surface area contributed by atoms with Crippen LogP contribution in [0.15, 0.2) is 60.7 Å². The zero-order valence-corrected chi connectivity index (χ0v) is 21.8. The molecule has 4 aromatic rings. The van der Waals surface area contributed by atoms with Crippen molar-refractivity contribution in [2.24, 2.45) is 0 Å². The molecule has 34 heavy (non-hydrogen) atoms. The van der Waals surface area contributed by atoms with Gasteiger partial charge in [0.15, 0.2) is 0 Å². The molecular formula is C28H20Cl4N2+2. The second-order valence-corrected chi connectivity index (χ2v) is 10.6. The lowest BCUT2D eigenvalue weighted by atomic mass is 10.0. The highest BCUT2D eigenvalue weighted by Gasteiger charge is 2.54. The molecule has 6 heteroatoms. The van der Waals surface area contributed by atoms with Crippen LogP contribution in [0, 0.1) is 13.8 Å². The molecule has 168 valence electrons. The van der Waals surface area contributed by atoms with Crippen molar-refractivity contribution < 1.29 is 9.15 Å². The maximum Gasteiger partial charge on any atom is 0.352 e. The van der Waals surface area contributed by atoms with Crippen molar-refractivity contribution in [3.8, 4) is 0 Å². The Hall–Kier alpha value is -2.36. The number of nitrogens with zero attached hydrogens (tertiary/aromatic N) is 2. The lowest BCUT2D eigenvalue weighted by Gasteiger charge is -2.12. The van der Waals surface area contributed by atoms with E-state index in [-0.39, 0.29) is 6.17 Å². The first-order chi connectivity index (χ1) is 16.3. The van der Waals surface area contributed by atoms with Gasteiger partial charge in [-0.3, -0.25) is 0 Å². The van der Waals surface area contributed by atoms with E-state index in [2.05, 4.69) is 52.5 Å². The average molecular weight is 526 g/mol. The largest absolute Gasteiger partial charge is 0.352 e. The van der Waals surface area contributed by atoms with E-state index >= 15 is 0 Å². The topological polar surface area (TPSA) is 6.02 Å². The highest BCUT2D eigenvalue weighted by Crippen LogP contribution is 2.45. The van der Waals surface area contributed by atoms with E-state index < -0.39 is 0 Å². The van der Waals surface area contributed by atoms with Crippen LogP contribution in [0.25, 0.3) is 10.8 Å². The number of halogens is 4. The Morgan fingerprint density at radius 3 is 1.38 bits per heavy atom. The minimum absolute atomic E-state index is 0.177. The molecule has 1 aliphatic carbocycles. The quantitative estimate of drug-likeness (QED) is 0.231. The molecule has 1 aliphatic heterocycles. The van der Waals surface area contributed by atoms with Gasteiger partial charge >= 0.3 is 6.17 Å². The van der Waals surface area contributed by atoms with E-state index in [0.29, 0.717) is 20.1 Å². The van der Waals surface area contributed by atoms with E-state index in [1.807, 2.05) is 38.1 Å². The summed E-state index contributed by atoms with van der Waals surface area (Å²) in [5.74, 6) is 0. The summed E-state index contributed by atoms with van der Waals surface area (Å²) in [6, 6.07) is 20.6. The molecule has 1 heterocycles. The van der Waals surface area contributed by atoms with Gasteiger partial charge in [0.2, 0.25) is 11.4 Å². The Bertz CT molecular complexity index is 1470. The summed E-state index contributed by atoms with van der Waals surface area (Å²) in [7, 11) is 0. The molecule has 6 rings (SSSR count). The van der Waals surface area contributed by atoms with Gasteiger partial charge in [-0.15, -0.1) is 9.15 Å². The Morgan fingerprint density at radius 1 is 0.618 bits per heavy atom. The molecular weight excluding hydrogens is 506 g/mol. The van der Waals surface area contributed by atoms with Crippen LogP contribution in [0.4, 0.5) is 11.4 Å². The van der Waals surface area contributed by atoms with Crippen molar-refractivity contribution in [1.82, 2.24) is 0 Å². The van der Waals surface area contributed by atoms with E-state index in [4.69, 9.17) is 46.4 Å². The molecule has 0 amide bonds. The van der Waals surface area contributed by atoms with Crippen LogP contribution >= 0.6 is 46.4 Å². The van der Waals surface area contributed by atoms with Gasteiger partial charge in [-0.05, 0) is 66.8 Å². The van der Waals surface area contributed by atoms with E-state index in [0.717, 1.165) is 45.1 Å². The maximum atomic E-state index is 6.84. The van der Waals surface area contributed by atoms with Crippen molar-refractivity contribution in [2.45, 2.75) is 26.9 Å². The fraction of sp³-hybridized carbons (Fsp3) is 0.143. The van der Waals surface area contributed by atoms with Crippen molar-refractivity contribution in [3.63, 3.8) is 0 Å². The van der Waals surface area contributed by atoms with Crippen molar-refractivity contribution in [2.75, 3.05) is 0 Å². The Labute approximate surface area is 218 Å². The summed E-state index contributed by atoms with van der Waals surface area (Å²) in [6.45, 7) is 6.11. The number of hydrogen-bond acceptors (Lipinski definition) is 0. The summed E-state index contributed by atoms with van der Waals surface area (Å²) in [6.07, 6.45) is -0.177. The minimum Gasteiger partial charge on any atom is -0.121 e. The second-order valence-electron chi connectivity index (χ2n) is 8.93. The first kappa shape index (κ1) is 22.1. The molecule has 0 unspecified atom stereocenters. The van der Waals surface area contributed by atoms with Gasteiger partial charge in [0.25, 0.3) is 11.4 Å². The van der Waals surface area contributed by atoms with Crippen molar-refractivity contribution >= 4 is 80.0 Å². The summed E-state index contributed by atoms with van der Waals surface area (Å²) < 4.78 is 4.45. The van der Waals surface area contributed by atoms with Gasteiger partial charge < -0.3 is 0 Å². The molecule has 0 aromatic heterocycles. The van der Waals surface area contributed by atoms with Crippen LogP contribution < -0.4 is 0 Å². The van der Waals surface area contributed by atoms with Crippen molar-refractivity contribution in [3.05, 3.63) is 103 Å². The highest BCUT2D eigenvalue weighted by atomic mass is 35.5. The Morgan fingerprint density at radius 2 is 1.00 bits per heavy atom. The summed E-state index contributed by atoms with van der Waals surface area (Å²) >= 11 is 27.4. The van der Waals surface area contributed by atoms with Crippen LogP contribution in [0.3, 0.4) is 0 Å². The van der Waals surface area contributed by atoms with Crippen LogP contribution in [0.2, 0.25) is 20.1 Å². The van der Waals surface area contributed by atoms with Gasteiger partial charge in [-0.25, -0.2) is 0 Å². The lowest BCUT2D eigenvalue weighted by molar-refractivity contribution is -0.687. The molecule has 4 aromatic carbocycles. The lowest BCUT2D eigenvalue weighted by Crippen LogP contribution is -2.27. The van der Waals surface area contributed by atoms with Crippen LogP contribution in [0.1, 0.15) is 29.2 Å². The summed E-state index contributed by atoms with van der Waals surface area (Å²) in [5.41, 5.74) is 7.98. The number of fused-ring (bicyclic) bond motifs is 3.